The highest BCUT2D eigenvalue weighted by atomic mass is 32.1. The highest BCUT2D eigenvalue weighted by Crippen LogP contribution is 2.26. The molecule has 0 aliphatic carbocycles. The molecule has 6 nitrogen and oxygen atoms in total. The predicted molar refractivity (Wildman–Crippen MR) is 107 cm³/mol. The number of aromatic nitrogens is 3. The molecule has 4 aromatic rings. The fourth-order valence-corrected chi connectivity index (χ4v) is 3.49. The van der Waals surface area contributed by atoms with E-state index in [2.05, 4.69) is 16.2 Å². The Morgan fingerprint density at radius 2 is 1.93 bits per heavy atom. The third-order valence-electron chi connectivity index (χ3n) is 4.24. The summed E-state index contributed by atoms with van der Waals surface area (Å²) in [5.74, 6) is 0.464. The molecule has 136 valence electrons. The molecule has 28 heavy (non-hydrogen) atoms. The highest BCUT2D eigenvalue weighted by Gasteiger charge is 2.24. The third kappa shape index (κ3) is 3.34. The topological polar surface area (TPSA) is 97.6 Å². The summed E-state index contributed by atoms with van der Waals surface area (Å²) in [6, 6.07) is 21.0. The van der Waals surface area contributed by atoms with Gasteiger partial charge in [0.2, 0.25) is 0 Å². The normalized spacial score (nSPS) is 11.7. The molecular weight excluding hydrogens is 370 g/mol. The van der Waals surface area contributed by atoms with Gasteiger partial charge in [0.05, 0.1) is 22.6 Å². The van der Waals surface area contributed by atoms with Crippen molar-refractivity contribution in [2.45, 2.75) is 6.04 Å². The molecule has 2 aromatic heterocycles. The van der Waals surface area contributed by atoms with Crippen LogP contribution in [-0.2, 0) is 0 Å². The van der Waals surface area contributed by atoms with Crippen LogP contribution in [0, 0.1) is 11.3 Å². The molecule has 2 N–H and O–H groups in total. The van der Waals surface area contributed by atoms with Crippen LogP contribution < -0.4 is 5.73 Å². The first-order valence-electron chi connectivity index (χ1n) is 8.53. The number of carbonyl (C=O) groups excluding carboxylic acids is 1. The first-order chi connectivity index (χ1) is 13.7. The number of hydrogen-bond donors (Lipinski definition) is 1. The fraction of sp³-hybridized carbons (Fsp3) is 0.0476. The molecule has 0 saturated carbocycles. The Labute approximate surface area is 165 Å². The van der Waals surface area contributed by atoms with Gasteiger partial charge in [0.25, 0.3) is 5.91 Å². The maximum atomic E-state index is 13.1. The smallest absolute Gasteiger partial charge is 0.279 e. The van der Waals surface area contributed by atoms with Crippen molar-refractivity contribution in [2.24, 2.45) is 5.73 Å². The van der Waals surface area contributed by atoms with Gasteiger partial charge >= 0.3 is 0 Å². The maximum Gasteiger partial charge on any atom is 0.279 e. The highest BCUT2D eigenvalue weighted by molar-refractivity contribution is 7.13. The predicted octanol–water partition coefficient (Wildman–Crippen LogP) is 3.61. The monoisotopic (exact) mass is 385 g/mol. The summed E-state index contributed by atoms with van der Waals surface area (Å²) in [5.41, 5.74) is 8.11. The van der Waals surface area contributed by atoms with E-state index in [1.165, 1.54) is 16.0 Å². The second kappa shape index (κ2) is 7.56. The zero-order valence-electron chi connectivity index (χ0n) is 14.7. The molecule has 0 aliphatic heterocycles. The number of rotatable bonds is 4. The van der Waals surface area contributed by atoms with E-state index in [0.29, 0.717) is 28.3 Å². The van der Waals surface area contributed by atoms with E-state index in [0.717, 1.165) is 4.88 Å². The van der Waals surface area contributed by atoms with Gasteiger partial charge in [0, 0.05) is 5.56 Å². The summed E-state index contributed by atoms with van der Waals surface area (Å²) in [6.07, 6.45) is 0. The van der Waals surface area contributed by atoms with Crippen LogP contribution in [0.5, 0.6) is 0 Å². The van der Waals surface area contributed by atoms with Crippen molar-refractivity contribution in [2.75, 3.05) is 0 Å². The first-order valence-corrected chi connectivity index (χ1v) is 9.41. The molecule has 0 aliphatic rings. The van der Waals surface area contributed by atoms with Crippen molar-refractivity contribution in [1.29, 1.82) is 5.26 Å². The standard InChI is InChI=1S/C21H15N5OS/c22-13-14-6-4-9-16(12-14)18(23)20-24-19(17-10-5-11-28-17)25-26(20)21(27)15-7-2-1-3-8-15/h1-12,18H,23H2. The van der Waals surface area contributed by atoms with Crippen LogP contribution in [0.2, 0.25) is 0 Å². The van der Waals surface area contributed by atoms with Gasteiger partial charge in [-0.25, -0.2) is 4.98 Å². The van der Waals surface area contributed by atoms with Gasteiger partial charge in [-0.2, -0.15) is 9.94 Å². The number of nitrogens with two attached hydrogens (primary N) is 1. The second-order valence-electron chi connectivity index (χ2n) is 6.07. The minimum atomic E-state index is -0.706. The van der Waals surface area contributed by atoms with Crippen molar-refractivity contribution < 1.29 is 4.79 Å². The number of benzene rings is 2. The lowest BCUT2D eigenvalue weighted by molar-refractivity contribution is 0.0940. The maximum absolute atomic E-state index is 13.1. The Morgan fingerprint density at radius 1 is 1.11 bits per heavy atom. The van der Waals surface area contributed by atoms with Gasteiger partial charge in [0.15, 0.2) is 11.6 Å². The number of hydrogen-bond acceptors (Lipinski definition) is 6. The van der Waals surface area contributed by atoms with Gasteiger partial charge in [-0.3, -0.25) is 4.79 Å². The third-order valence-corrected chi connectivity index (χ3v) is 5.11. The van der Waals surface area contributed by atoms with E-state index in [4.69, 9.17) is 11.0 Å². The minimum Gasteiger partial charge on any atom is -0.318 e. The molecule has 2 aromatic carbocycles. The van der Waals surface area contributed by atoms with Gasteiger partial charge in [-0.1, -0.05) is 36.4 Å². The van der Waals surface area contributed by atoms with Gasteiger partial charge < -0.3 is 5.73 Å². The zero-order chi connectivity index (χ0) is 19.5. The van der Waals surface area contributed by atoms with E-state index < -0.39 is 6.04 Å². The SMILES string of the molecule is N#Cc1cccc(C(N)c2nc(-c3cccs3)nn2C(=O)c2ccccc2)c1. The molecule has 7 heteroatoms. The molecule has 1 unspecified atom stereocenters. The van der Waals surface area contributed by atoms with Gasteiger partial charge in [-0.15, -0.1) is 16.4 Å². The Hall–Kier alpha value is -3.60. The summed E-state index contributed by atoms with van der Waals surface area (Å²) >= 11 is 1.49. The molecule has 0 amide bonds. The Morgan fingerprint density at radius 3 is 2.64 bits per heavy atom. The van der Waals surface area contributed by atoms with E-state index >= 15 is 0 Å². The quantitative estimate of drug-likeness (QED) is 0.579. The molecule has 1 atom stereocenters. The van der Waals surface area contributed by atoms with Crippen molar-refractivity contribution >= 4 is 17.2 Å². The van der Waals surface area contributed by atoms with E-state index in [9.17, 15) is 4.79 Å². The lowest BCUT2D eigenvalue weighted by atomic mass is 10.0. The largest absolute Gasteiger partial charge is 0.318 e. The number of nitrogens with zero attached hydrogens (tertiary/aromatic N) is 4. The van der Waals surface area contributed by atoms with Crippen LogP contribution in [0.3, 0.4) is 0 Å². The van der Waals surface area contributed by atoms with Crippen molar-refractivity contribution in [1.82, 2.24) is 14.8 Å². The fourth-order valence-electron chi connectivity index (χ4n) is 2.84. The summed E-state index contributed by atoms with van der Waals surface area (Å²) in [6.45, 7) is 0. The van der Waals surface area contributed by atoms with Crippen LogP contribution in [0.15, 0.2) is 72.1 Å². The van der Waals surface area contributed by atoms with E-state index in [1.807, 2.05) is 29.6 Å². The van der Waals surface area contributed by atoms with Crippen LogP contribution in [-0.4, -0.2) is 20.7 Å². The number of carbonyl (C=O) groups is 1. The van der Waals surface area contributed by atoms with E-state index in [-0.39, 0.29) is 5.91 Å². The second-order valence-corrected chi connectivity index (χ2v) is 7.02. The first kappa shape index (κ1) is 17.8. The summed E-state index contributed by atoms with van der Waals surface area (Å²) in [5, 5.41) is 15.5. The average Bonchev–Trinajstić information content (AvgIpc) is 3.43. The molecule has 4 rings (SSSR count). The molecule has 0 fully saturated rings. The van der Waals surface area contributed by atoms with Crippen LogP contribution in [0.25, 0.3) is 10.7 Å². The number of thiophene rings is 1. The van der Waals surface area contributed by atoms with Crippen molar-refractivity contribution in [3.63, 3.8) is 0 Å². The van der Waals surface area contributed by atoms with E-state index in [1.54, 1.807) is 42.5 Å². The van der Waals surface area contributed by atoms with Crippen molar-refractivity contribution in [3.05, 3.63) is 94.6 Å². The summed E-state index contributed by atoms with van der Waals surface area (Å²) in [7, 11) is 0. The lowest BCUT2D eigenvalue weighted by Gasteiger charge is -2.12. The van der Waals surface area contributed by atoms with Crippen LogP contribution in [0.1, 0.15) is 33.4 Å². The Kier molecular flexibility index (Phi) is 4.81. The lowest BCUT2D eigenvalue weighted by Crippen LogP contribution is -2.23. The Balaban J connectivity index is 1.83. The van der Waals surface area contributed by atoms with Crippen molar-refractivity contribution in [3.8, 4) is 16.8 Å². The molecule has 0 radical (unpaired) electrons. The summed E-state index contributed by atoms with van der Waals surface area (Å²) < 4.78 is 1.26. The van der Waals surface area contributed by atoms with Gasteiger partial charge in [-0.05, 0) is 41.3 Å². The number of nitriles is 1. The molecule has 0 spiro atoms. The minimum absolute atomic E-state index is 0.308. The molecule has 0 bridgehead atoms. The zero-order valence-corrected chi connectivity index (χ0v) is 15.5. The van der Waals surface area contributed by atoms with Crippen LogP contribution >= 0.6 is 11.3 Å². The average molecular weight is 385 g/mol. The molecular formula is C21H15N5OS. The van der Waals surface area contributed by atoms with Gasteiger partial charge in [0.1, 0.15) is 0 Å². The summed E-state index contributed by atoms with van der Waals surface area (Å²) in [4.78, 5) is 18.5. The Bertz CT molecular complexity index is 1160. The van der Waals surface area contributed by atoms with Crippen LogP contribution in [0.4, 0.5) is 0 Å². The molecule has 0 saturated heterocycles. The molecule has 2 heterocycles.